The van der Waals surface area contributed by atoms with Crippen molar-refractivity contribution in [3.63, 3.8) is 0 Å². The maximum atomic E-state index is 7.44. The topological polar surface area (TPSA) is 19.6 Å². The summed E-state index contributed by atoms with van der Waals surface area (Å²) >= 11 is 3.68. The number of para-hydroxylation sites is 3. The van der Waals surface area contributed by atoms with Gasteiger partial charge in [0.1, 0.15) is 5.58 Å². The zero-order valence-electron chi connectivity index (χ0n) is 48.3. The Hall–Kier alpha value is -11.1. The van der Waals surface area contributed by atoms with Gasteiger partial charge in [0.2, 0.25) is 0 Å². The highest BCUT2D eigenvalue weighted by atomic mass is 32.1. The van der Waals surface area contributed by atoms with Gasteiger partial charge in [0.15, 0.2) is 5.58 Å². The second kappa shape index (κ2) is 22.0. The average Bonchev–Trinajstić information content (AvgIpc) is 1.79. The number of anilines is 6. The van der Waals surface area contributed by atoms with Crippen LogP contribution in [0.25, 0.3) is 129 Å². The van der Waals surface area contributed by atoms with E-state index in [0.717, 1.165) is 112 Å². The molecule has 0 saturated carbocycles. The SMILES string of the molecule is c1ccc(-c2ccc(-c3cccc(-c4ccc(-c5ccccc5)cc4)c3N(c3ccc4sc5ccccc5c4c3)c3cc(N(c4ccc5sc6ccccc6c5c4)c4c(-c5ccccc5)cccc4-c4ccccc4)cc4c3oc3ccccc34)cc2)cc1. The molecule has 0 aliphatic heterocycles. The first-order chi connectivity index (χ1) is 44.1. The normalized spacial score (nSPS) is 11.6. The average molecular weight is 1170 g/mol. The minimum atomic E-state index is 0.781. The molecule has 0 atom stereocenters. The van der Waals surface area contributed by atoms with Crippen molar-refractivity contribution in [2.75, 3.05) is 9.80 Å². The molecule has 3 nitrogen and oxygen atoms in total. The van der Waals surface area contributed by atoms with E-state index in [1.165, 1.54) is 51.5 Å². The Morgan fingerprint density at radius 3 is 1.06 bits per heavy atom. The third-order valence-electron chi connectivity index (χ3n) is 17.5. The van der Waals surface area contributed by atoms with Crippen molar-refractivity contribution in [2.45, 2.75) is 0 Å². The number of nitrogens with zero attached hydrogens (tertiary/aromatic N) is 2. The Labute approximate surface area is 524 Å². The fraction of sp³-hybridized carbons (Fsp3) is 0. The van der Waals surface area contributed by atoms with Gasteiger partial charge in [-0.15, -0.1) is 22.7 Å². The van der Waals surface area contributed by atoms with Crippen LogP contribution in [0.3, 0.4) is 0 Å². The number of thiophene rings is 2. The van der Waals surface area contributed by atoms with E-state index < -0.39 is 0 Å². The summed E-state index contributed by atoms with van der Waals surface area (Å²) in [6.07, 6.45) is 0. The Morgan fingerprint density at radius 2 is 0.573 bits per heavy atom. The van der Waals surface area contributed by atoms with E-state index in [4.69, 9.17) is 4.42 Å². The fourth-order valence-corrected chi connectivity index (χ4v) is 15.4. The smallest absolute Gasteiger partial charge is 0.159 e. The first-order valence-electron chi connectivity index (χ1n) is 30.2. The molecule has 3 aromatic heterocycles. The van der Waals surface area contributed by atoms with Crippen molar-refractivity contribution < 1.29 is 4.42 Å². The summed E-state index contributed by atoms with van der Waals surface area (Å²) < 4.78 is 12.4. The molecule has 418 valence electrons. The molecule has 0 radical (unpaired) electrons. The monoisotopic (exact) mass is 1170 g/mol. The largest absolute Gasteiger partial charge is 0.454 e. The van der Waals surface area contributed by atoms with Gasteiger partial charge in [-0.25, -0.2) is 0 Å². The van der Waals surface area contributed by atoms with Crippen LogP contribution in [0.2, 0.25) is 0 Å². The number of furan rings is 1. The van der Waals surface area contributed by atoms with E-state index in [1.54, 1.807) is 0 Å². The second-order valence-electron chi connectivity index (χ2n) is 22.7. The lowest BCUT2D eigenvalue weighted by Crippen LogP contribution is -2.16. The van der Waals surface area contributed by atoms with E-state index in [0.29, 0.717) is 0 Å². The molecule has 0 unspecified atom stereocenters. The third kappa shape index (κ3) is 9.26. The Bertz CT molecular complexity index is 5320. The molecule has 0 bridgehead atoms. The second-order valence-corrected chi connectivity index (χ2v) is 24.9. The van der Waals surface area contributed by atoms with Gasteiger partial charge in [0.05, 0.1) is 17.1 Å². The molecule has 0 amide bonds. The molecule has 14 aromatic carbocycles. The number of rotatable bonds is 12. The molecular weight excluding hydrogens is 1120 g/mol. The predicted molar refractivity (Wildman–Crippen MR) is 381 cm³/mol. The minimum Gasteiger partial charge on any atom is -0.454 e. The van der Waals surface area contributed by atoms with Crippen molar-refractivity contribution in [3.8, 4) is 66.8 Å². The highest BCUT2D eigenvalue weighted by Crippen LogP contribution is 2.55. The molecule has 3 heterocycles. The molecule has 0 aliphatic carbocycles. The predicted octanol–water partition coefficient (Wildman–Crippen LogP) is 25.3. The maximum Gasteiger partial charge on any atom is 0.159 e. The fourth-order valence-electron chi connectivity index (χ4n) is 13.3. The molecule has 89 heavy (non-hydrogen) atoms. The number of benzene rings is 14. The number of hydrogen-bond acceptors (Lipinski definition) is 5. The number of hydrogen-bond donors (Lipinski definition) is 0. The van der Waals surface area contributed by atoms with E-state index in [1.807, 2.05) is 22.7 Å². The summed E-state index contributed by atoms with van der Waals surface area (Å²) in [6, 6.07) is 120. The van der Waals surface area contributed by atoms with Crippen LogP contribution in [0.4, 0.5) is 34.1 Å². The van der Waals surface area contributed by atoms with E-state index in [-0.39, 0.29) is 0 Å². The summed E-state index contributed by atoms with van der Waals surface area (Å²) in [5.74, 6) is 0. The molecule has 5 heteroatoms. The summed E-state index contributed by atoms with van der Waals surface area (Å²) in [5.41, 5.74) is 21.1. The maximum absolute atomic E-state index is 7.44. The van der Waals surface area contributed by atoms with Crippen LogP contribution >= 0.6 is 22.7 Å². The first kappa shape index (κ1) is 52.3. The van der Waals surface area contributed by atoms with Gasteiger partial charge in [0, 0.05) is 90.4 Å². The van der Waals surface area contributed by atoms with Gasteiger partial charge in [-0.05, 0) is 111 Å². The molecule has 0 saturated heterocycles. The Balaban J connectivity index is 1.01. The highest BCUT2D eigenvalue weighted by molar-refractivity contribution is 7.26. The molecule has 0 spiro atoms. The minimum absolute atomic E-state index is 0.781. The quantitative estimate of drug-likeness (QED) is 0.122. The zero-order chi connectivity index (χ0) is 58.8. The number of fused-ring (bicyclic) bond motifs is 9. The van der Waals surface area contributed by atoms with Crippen molar-refractivity contribution in [2.24, 2.45) is 0 Å². The van der Waals surface area contributed by atoms with Crippen LogP contribution < -0.4 is 9.80 Å². The summed E-state index contributed by atoms with van der Waals surface area (Å²) in [5, 5.41) is 6.92. The van der Waals surface area contributed by atoms with Crippen LogP contribution in [-0.2, 0) is 0 Å². The lowest BCUT2D eigenvalue weighted by atomic mass is 9.92. The van der Waals surface area contributed by atoms with Crippen molar-refractivity contribution in [1.29, 1.82) is 0 Å². The van der Waals surface area contributed by atoms with Crippen LogP contribution in [0.5, 0.6) is 0 Å². The lowest BCUT2D eigenvalue weighted by Gasteiger charge is -2.33. The van der Waals surface area contributed by atoms with Crippen LogP contribution in [0.15, 0.2) is 332 Å². The Morgan fingerprint density at radius 1 is 0.225 bits per heavy atom. The van der Waals surface area contributed by atoms with E-state index in [2.05, 4.69) is 337 Å². The van der Waals surface area contributed by atoms with Gasteiger partial charge < -0.3 is 14.2 Å². The standard InChI is InChI=1S/C84H54N2OS2/c1-5-21-55(22-6-1)57-39-43-61(44-40-57)68-34-20-35-69(62-45-41-58(42-46-62)56-23-7-2-8-24-56)83(68)86(64-48-50-81-74(52-64)72-31-15-18-38-79(72)89-81)76-54-65(53-75-70-29-13-16-36-77(70)87-84(75)76)85(63-47-49-80-73(51-63)71-30-14-17-37-78(71)88-80)82-66(59-25-9-3-10-26-59)32-19-33-67(82)60-27-11-4-12-28-60/h1-54H. The first-order valence-corrected chi connectivity index (χ1v) is 31.8. The van der Waals surface area contributed by atoms with Crippen molar-refractivity contribution >= 4 is 119 Å². The zero-order valence-corrected chi connectivity index (χ0v) is 49.9. The van der Waals surface area contributed by atoms with Gasteiger partial charge in [-0.1, -0.05) is 261 Å². The third-order valence-corrected chi connectivity index (χ3v) is 19.8. The van der Waals surface area contributed by atoms with Crippen LogP contribution in [0, 0.1) is 0 Å². The Kier molecular flexibility index (Phi) is 12.9. The van der Waals surface area contributed by atoms with Crippen molar-refractivity contribution in [1.82, 2.24) is 0 Å². The van der Waals surface area contributed by atoms with E-state index >= 15 is 0 Å². The summed E-state index contributed by atoms with van der Waals surface area (Å²) in [4.78, 5) is 5.06. The van der Waals surface area contributed by atoms with Crippen LogP contribution in [0.1, 0.15) is 0 Å². The van der Waals surface area contributed by atoms with Crippen LogP contribution in [-0.4, -0.2) is 0 Å². The van der Waals surface area contributed by atoms with Gasteiger partial charge in [0.25, 0.3) is 0 Å². The van der Waals surface area contributed by atoms with E-state index in [9.17, 15) is 0 Å². The summed E-state index contributed by atoms with van der Waals surface area (Å²) in [6.45, 7) is 0. The molecule has 17 rings (SSSR count). The lowest BCUT2D eigenvalue weighted by molar-refractivity contribution is 0.669. The molecule has 0 aliphatic rings. The molecule has 17 aromatic rings. The highest BCUT2D eigenvalue weighted by Gasteiger charge is 2.30. The molecular formula is C84H54N2OS2. The molecule has 0 fully saturated rings. The van der Waals surface area contributed by atoms with Gasteiger partial charge in [-0.3, -0.25) is 0 Å². The van der Waals surface area contributed by atoms with Crippen molar-refractivity contribution in [3.05, 3.63) is 328 Å². The molecule has 0 N–H and O–H groups in total. The van der Waals surface area contributed by atoms with Gasteiger partial charge in [-0.2, -0.15) is 0 Å². The summed E-state index contributed by atoms with van der Waals surface area (Å²) in [7, 11) is 0. The van der Waals surface area contributed by atoms with Gasteiger partial charge >= 0.3 is 0 Å².